The molecule has 3 N–H and O–H groups in total. The third-order valence-electron chi connectivity index (χ3n) is 3.55. The lowest BCUT2D eigenvalue weighted by atomic mass is 9.81. The maximum Gasteiger partial charge on any atom is 0.0558 e. The van der Waals surface area contributed by atoms with E-state index in [1.165, 1.54) is 0 Å². The zero-order chi connectivity index (χ0) is 13.3. The van der Waals surface area contributed by atoms with Crippen LogP contribution in [0.25, 0.3) is 0 Å². The Balaban J connectivity index is 2.56. The molecular formula is C13H28N2O3. The predicted molar refractivity (Wildman–Crippen MR) is 71.6 cm³/mol. The van der Waals surface area contributed by atoms with Gasteiger partial charge in [0.1, 0.15) is 0 Å². The third-order valence-corrected chi connectivity index (χ3v) is 3.55. The minimum atomic E-state index is 0.124. The fourth-order valence-electron chi connectivity index (χ4n) is 2.65. The van der Waals surface area contributed by atoms with Crippen LogP contribution in [0.15, 0.2) is 0 Å². The normalized spacial score (nSPS) is 24.7. The molecule has 5 heteroatoms. The minimum absolute atomic E-state index is 0.124. The summed E-state index contributed by atoms with van der Waals surface area (Å²) < 4.78 is 5.65. The number of nitrogens with one attached hydrogen (secondary N) is 1. The van der Waals surface area contributed by atoms with E-state index >= 15 is 0 Å². The zero-order valence-corrected chi connectivity index (χ0v) is 11.5. The van der Waals surface area contributed by atoms with E-state index < -0.39 is 0 Å². The molecule has 1 aliphatic rings. The van der Waals surface area contributed by atoms with Gasteiger partial charge in [-0.25, -0.2) is 0 Å². The van der Waals surface area contributed by atoms with E-state index in [1.807, 2.05) is 0 Å². The average Bonchev–Trinajstić information content (AvgIpc) is 2.38. The van der Waals surface area contributed by atoms with Crippen molar-refractivity contribution < 1.29 is 14.9 Å². The van der Waals surface area contributed by atoms with Gasteiger partial charge in [-0.15, -0.1) is 0 Å². The lowest BCUT2D eigenvalue weighted by Gasteiger charge is -2.41. The Morgan fingerprint density at radius 1 is 1.28 bits per heavy atom. The van der Waals surface area contributed by atoms with Crippen molar-refractivity contribution in [2.45, 2.75) is 19.8 Å². The molecule has 1 fully saturated rings. The summed E-state index contributed by atoms with van der Waals surface area (Å²) in [6, 6.07) is 0. The van der Waals surface area contributed by atoms with Gasteiger partial charge in [-0.2, -0.15) is 0 Å². The molecular weight excluding hydrogens is 232 g/mol. The number of hydrogen-bond acceptors (Lipinski definition) is 5. The molecule has 0 aromatic rings. The molecule has 0 spiro atoms. The highest BCUT2D eigenvalue weighted by Gasteiger charge is 2.34. The van der Waals surface area contributed by atoms with E-state index in [0.717, 1.165) is 45.7 Å². The van der Waals surface area contributed by atoms with E-state index in [0.29, 0.717) is 13.1 Å². The number of nitrogens with zero attached hydrogens (tertiary/aromatic N) is 1. The zero-order valence-electron chi connectivity index (χ0n) is 11.5. The first-order chi connectivity index (χ1) is 8.76. The fraction of sp³-hybridized carbons (Fsp3) is 1.00. The number of hydrogen-bond donors (Lipinski definition) is 3. The SMILES string of the molecule is CCNCC1(CN(CCO)CCO)CCCOC1. The summed E-state index contributed by atoms with van der Waals surface area (Å²) >= 11 is 0. The van der Waals surface area contributed by atoms with E-state index in [1.54, 1.807) is 0 Å². The van der Waals surface area contributed by atoms with Crippen molar-refractivity contribution in [1.82, 2.24) is 10.2 Å². The Bertz CT molecular complexity index is 202. The van der Waals surface area contributed by atoms with Crippen molar-refractivity contribution in [3.8, 4) is 0 Å². The number of aliphatic hydroxyl groups excluding tert-OH is 2. The Kier molecular flexibility index (Phi) is 7.77. The van der Waals surface area contributed by atoms with Crippen LogP contribution in [0.5, 0.6) is 0 Å². The average molecular weight is 260 g/mol. The molecule has 0 bridgehead atoms. The fourth-order valence-corrected chi connectivity index (χ4v) is 2.65. The van der Waals surface area contributed by atoms with Gasteiger partial charge in [-0.1, -0.05) is 6.92 Å². The van der Waals surface area contributed by atoms with Crippen molar-refractivity contribution in [2.24, 2.45) is 5.41 Å². The maximum absolute atomic E-state index is 9.08. The van der Waals surface area contributed by atoms with Crippen LogP contribution in [-0.4, -0.2) is 74.3 Å². The van der Waals surface area contributed by atoms with Gasteiger partial charge in [-0.3, -0.25) is 4.90 Å². The molecule has 0 aliphatic carbocycles. The lowest BCUT2D eigenvalue weighted by molar-refractivity contribution is -0.0296. The molecule has 108 valence electrons. The first-order valence-corrected chi connectivity index (χ1v) is 6.99. The largest absolute Gasteiger partial charge is 0.395 e. The standard InChI is InChI=1S/C13H28N2O3/c1-2-14-10-13(4-3-9-18-12-13)11-15(5-7-16)6-8-17/h14,16-17H,2-12H2,1H3. The predicted octanol–water partition coefficient (Wildman–Crippen LogP) is -0.321. The third kappa shape index (κ3) is 5.20. The number of ether oxygens (including phenoxy) is 1. The quantitative estimate of drug-likeness (QED) is 0.530. The van der Waals surface area contributed by atoms with Crippen LogP contribution in [0.4, 0.5) is 0 Å². The van der Waals surface area contributed by atoms with Crippen molar-refractivity contribution in [2.75, 3.05) is 59.2 Å². The summed E-state index contributed by atoms with van der Waals surface area (Å²) in [5.41, 5.74) is 0.124. The molecule has 1 unspecified atom stereocenters. The van der Waals surface area contributed by atoms with Crippen molar-refractivity contribution in [3.63, 3.8) is 0 Å². The molecule has 0 aromatic heterocycles. The van der Waals surface area contributed by atoms with E-state index in [9.17, 15) is 0 Å². The highest BCUT2D eigenvalue weighted by atomic mass is 16.5. The lowest BCUT2D eigenvalue weighted by Crippen LogP contribution is -2.50. The second-order valence-electron chi connectivity index (χ2n) is 5.16. The molecule has 1 rings (SSSR count). The number of aliphatic hydroxyl groups is 2. The summed E-state index contributed by atoms with van der Waals surface area (Å²) in [6.45, 7) is 8.02. The van der Waals surface area contributed by atoms with Gasteiger partial charge in [0.15, 0.2) is 0 Å². The van der Waals surface area contributed by atoms with Gasteiger partial charge in [0, 0.05) is 38.2 Å². The van der Waals surface area contributed by atoms with Crippen LogP contribution < -0.4 is 5.32 Å². The van der Waals surface area contributed by atoms with Crippen LogP contribution in [0.3, 0.4) is 0 Å². The van der Waals surface area contributed by atoms with Crippen LogP contribution in [-0.2, 0) is 4.74 Å². The molecule has 5 nitrogen and oxygen atoms in total. The van der Waals surface area contributed by atoms with Crippen LogP contribution in [0.1, 0.15) is 19.8 Å². The summed E-state index contributed by atoms with van der Waals surface area (Å²) in [5.74, 6) is 0. The molecule has 1 saturated heterocycles. The molecule has 1 atom stereocenters. The summed E-state index contributed by atoms with van der Waals surface area (Å²) in [7, 11) is 0. The Morgan fingerprint density at radius 3 is 2.50 bits per heavy atom. The topological polar surface area (TPSA) is 65.0 Å². The summed E-state index contributed by atoms with van der Waals surface area (Å²) in [4.78, 5) is 2.13. The molecule has 0 amide bonds. The monoisotopic (exact) mass is 260 g/mol. The first-order valence-electron chi connectivity index (χ1n) is 6.99. The van der Waals surface area contributed by atoms with Crippen LogP contribution >= 0.6 is 0 Å². The molecule has 0 saturated carbocycles. The first kappa shape index (κ1) is 15.9. The molecule has 18 heavy (non-hydrogen) atoms. The molecule has 0 aromatic carbocycles. The maximum atomic E-state index is 9.08. The highest BCUT2D eigenvalue weighted by molar-refractivity contribution is 4.87. The molecule has 1 heterocycles. The summed E-state index contributed by atoms with van der Waals surface area (Å²) in [5, 5.41) is 21.6. The van der Waals surface area contributed by atoms with E-state index in [-0.39, 0.29) is 18.6 Å². The van der Waals surface area contributed by atoms with Gasteiger partial charge in [-0.05, 0) is 19.4 Å². The van der Waals surface area contributed by atoms with E-state index in [4.69, 9.17) is 14.9 Å². The second-order valence-corrected chi connectivity index (χ2v) is 5.16. The Labute approximate surface area is 110 Å². The number of rotatable bonds is 9. The molecule has 1 aliphatic heterocycles. The second kappa shape index (κ2) is 8.82. The van der Waals surface area contributed by atoms with Gasteiger partial charge in [0.25, 0.3) is 0 Å². The van der Waals surface area contributed by atoms with Crippen molar-refractivity contribution in [1.29, 1.82) is 0 Å². The molecule has 0 radical (unpaired) electrons. The van der Waals surface area contributed by atoms with Gasteiger partial charge in [0.2, 0.25) is 0 Å². The van der Waals surface area contributed by atoms with Crippen LogP contribution in [0, 0.1) is 5.41 Å². The highest BCUT2D eigenvalue weighted by Crippen LogP contribution is 2.29. The van der Waals surface area contributed by atoms with Gasteiger partial charge in [0.05, 0.1) is 19.8 Å². The summed E-state index contributed by atoms with van der Waals surface area (Å²) in [6.07, 6.45) is 2.24. The van der Waals surface area contributed by atoms with Gasteiger partial charge >= 0.3 is 0 Å². The Morgan fingerprint density at radius 2 is 2.00 bits per heavy atom. The van der Waals surface area contributed by atoms with Crippen molar-refractivity contribution in [3.05, 3.63) is 0 Å². The van der Waals surface area contributed by atoms with Crippen molar-refractivity contribution >= 4 is 0 Å². The van der Waals surface area contributed by atoms with E-state index in [2.05, 4.69) is 17.1 Å². The van der Waals surface area contributed by atoms with Gasteiger partial charge < -0.3 is 20.3 Å². The van der Waals surface area contributed by atoms with Crippen LogP contribution in [0.2, 0.25) is 0 Å². The smallest absolute Gasteiger partial charge is 0.0558 e. The minimum Gasteiger partial charge on any atom is -0.395 e. The Hall–Kier alpha value is -0.200.